The van der Waals surface area contributed by atoms with Gasteiger partial charge in [-0.2, -0.15) is 0 Å². The van der Waals surface area contributed by atoms with Gasteiger partial charge in [-0.1, -0.05) is 35.9 Å². The van der Waals surface area contributed by atoms with Gasteiger partial charge in [0.05, 0.1) is 12.7 Å². The molecule has 156 valence electrons. The molecule has 1 aliphatic rings. The Labute approximate surface area is 177 Å². The molecule has 6 heteroatoms. The maximum atomic E-state index is 11.5. The number of benzene rings is 2. The first-order valence-electron chi connectivity index (χ1n) is 10.1. The van der Waals surface area contributed by atoms with Crippen LogP contribution in [0, 0.1) is 0 Å². The number of halogens is 1. The van der Waals surface area contributed by atoms with Gasteiger partial charge in [0.15, 0.2) is 0 Å². The third-order valence-corrected chi connectivity index (χ3v) is 5.26. The summed E-state index contributed by atoms with van der Waals surface area (Å²) in [4.78, 5) is 11.5. The van der Waals surface area contributed by atoms with E-state index in [1.54, 1.807) is 12.1 Å². The maximum Gasteiger partial charge on any atom is 0.306 e. The highest BCUT2D eigenvalue weighted by molar-refractivity contribution is 6.30. The molecule has 0 aromatic heterocycles. The molecule has 0 fully saturated rings. The second kappa shape index (κ2) is 10.6. The second-order valence-corrected chi connectivity index (χ2v) is 7.69. The van der Waals surface area contributed by atoms with Crippen LogP contribution in [0.5, 0.6) is 5.75 Å². The zero-order chi connectivity index (χ0) is 20.6. The highest BCUT2D eigenvalue weighted by Crippen LogP contribution is 2.29. The zero-order valence-corrected chi connectivity index (χ0v) is 17.5. The smallest absolute Gasteiger partial charge is 0.306 e. The molecule has 29 heavy (non-hydrogen) atoms. The zero-order valence-electron chi connectivity index (χ0n) is 16.7. The number of ether oxygens (including phenoxy) is 2. The van der Waals surface area contributed by atoms with Crippen LogP contribution in [-0.4, -0.2) is 36.9 Å². The molecule has 0 bridgehead atoms. The van der Waals surface area contributed by atoms with Crippen molar-refractivity contribution >= 4 is 17.6 Å². The van der Waals surface area contributed by atoms with Gasteiger partial charge in [-0.15, -0.1) is 0 Å². The lowest BCUT2D eigenvalue weighted by Gasteiger charge is -2.27. The van der Waals surface area contributed by atoms with Crippen LogP contribution in [0.3, 0.4) is 0 Å². The summed E-state index contributed by atoms with van der Waals surface area (Å²) in [5.41, 5.74) is 3.11. The van der Waals surface area contributed by atoms with Crippen molar-refractivity contribution in [2.75, 3.05) is 19.7 Å². The van der Waals surface area contributed by atoms with Crippen molar-refractivity contribution in [1.82, 2.24) is 5.32 Å². The fourth-order valence-electron chi connectivity index (χ4n) is 3.49. The number of carbonyl (C=O) groups excluding carboxylic acids is 1. The Morgan fingerprint density at radius 2 is 2.21 bits per heavy atom. The van der Waals surface area contributed by atoms with Gasteiger partial charge in [-0.05, 0) is 61.1 Å². The lowest BCUT2D eigenvalue weighted by atomic mass is 9.98. The predicted molar refractivity (Wildman–Crippen MR) is 113 cm³/mol. The summed E-state index contributed by atoms with van der Waals surface area (Å²) in [5, 5.41) is 14.2. The molecule has 3 rings (SSSR count). The van der Waals surface area contributed by atoms with E-state index < -0.39 is 6.10 Å². The van der Waals surface area contributed by atoms with E-state index in [1.165, 1.54) is 5.56 Å². The molecule has 1 heterocycles. The lowest BCUT2D eigenvalue weighted by molar-refractivity contribution is -0.143. The molecule has 0 aliphatic carbocycles. The summed E-state index contributed by atoms with van der Waals surface area (Å²) in [5.74, 6) is 0.742. The van der Waals surface area contributed by atoms with Crippen LogP contribution in [-0.2, 0) is 22.4 Å². The molecule has 1 unspecified atom stereocenters. The minimum absolute atomic E-state index is 0.0689. The van der Waals surface area contributed by atoms with Gasteiger partial charge in [-0.3, -0.25) is 4.79 Å². The van der Waals surface area contributed by atoms with Crippen molar-refractivity contribution in [1.29, 1.82) is 0 Å². The molecule has 2 N–H and O–H groups in total. The summed E-state index contributed by atoms with van der Waals surface area (Å²) < 4.78 is 11.1. The summed E-state index contributed by atoms with van der Waals surface area (Å²) in [6.45, 7) is 3.35. The van der Waals surface area contributed by atoms with E-state index in [-0.39, 0.29) is 12.1 Å². The van der Waals surface area contributed by atoms with Crippen LogP contribution in [0.2, 0.25) is 5.02 Å². The maximum absolute atomic E-state index is 11.5. The Morgan fingerprint density at radius 3 is 3.00 bits per heavy atom. The number of aryl methyl sites for hydroxylation is 2. The molecular formula is C23H28ClNO4. The molecular weight excluding hydrogens is 390 g/mol. The second-order valence-electron chi connectivity index (χ2n) is 7.25. The van der Waals surface area contributed by atoms with E-state index in [2.05, 4.69) is 11.4 Å². The Kier molecular flexibility index (Phi) is 7.92. The number of hydrogen-bond acceptors (Lipinski definition) is 5. The number of hydrogen-bond donors (Lipinski definition) is 2. The van der Waals surface area contributed by atoms with Crippen molar-refractivity contribution in [2.24, 2.45) is 0 Å². The van der Waals surface area contributed by atoms with Crippen LogP contribution in [0.15, 0.2) is 42.5 Å². The summed E-state index contributed by atoms with van der Waals surface area (Å²) in [6.07, 6.45) is 2.39. The molecule has 2 aromatic rings. The van der Waals surface area contributed by atoms with Gasteiger partial charge in [-0.25, -0.2) is 0 Å². The van der Waals surface area contributed by atoms with Crippen molar-refractivity contribution < 1.29 is 19.4 Å². The normalized spacial score (nSPS) is 16.6. The van der Waals surface area contributed by atoms with Crippen LogP contribution in [0.1, 0.15) is 42.6 Å². The monoisotopic (exact) mass is 417 g/mol. The molecule has 2 atom stereocenters. The van der Waals surface area contributed by atoms with Gasteiger partial charge in [0, 0.05) is 24.5 Å². The molecule has 5 nitrogen and oxygen atoms in total. The minimum Gasteiger partial charge on any atom is -0.489 e. The first-order valence-corrected chi connectivity index (χ1v) is 10.5. The van der Waals surface area contributed by atoms with Gasteiger partial charge >= 0.3 is 5.97 Å². The van der Waals surface area contributed by atoms with E-state index in [1.807, 2.05) is 31.2 Å². The third-order valence-electron chi connectivity index (χ3n) is 5.02. The molecule has 0 spiro atoms. The SMILES string of the molecule is CCOC(=O)CCc1ccc2c(c1)CCC(CNC[C@H](O)c1cccc(Cl)c1)O2. The van der Waals surface area contributed by atoms with Gasteiger partial charge < -0.3 is 19.9 Å². The quantitative estimate of drug-likeness (QED) is 0.606. The number of esters is 1. The average molecular weight is 418 g/mol. The minimum atomic E-state index is -0.605. The first-order chi connectivity index (χ1) is 14.0. The van der Waals surface area contributed by atoms with E-state index in [9.17, 15) is 9.90 Å². The molecule has 1 aliphatic heterocycles. The van der Waals surface area contributed by atoms with Crippen molar-refractivity contribution in [3.63, 3.8) is 0 Å². The van der Waals surface area contributed by atoms with Crippen LogP contribution >= 0.6 is 11.6 Å². The Hall–Kier alpha value is -2.08. The number of rotatable bonds is 9. The molecule has 0 saturated heterocycles. The fourth-order valence-corrected chi connectivity index (χ4v) is 3.69. The standard InChI is InChI=1S/C23H28ClNO4/c1-2-28-23(27)11-7-16-6-10-22-18(12-16)8-9-20(29-22)14-25-15-21(26)17-4-3-5-19(24)13-17/h3-6,10,12-13,20-21,25-26H,2,7-9,11,14-15H2,1H3/t20?,21-/m0/s1. The van der Waals surface area contributed by atoms with Crippen molar-refractivity contribution in [2.45, 2.75) is 44.8 Å². The van der Waals surface area contributed by atoms with Gasteiger partial charge in [0.25, 0.3) is 0 Å². The Bertz CT molecular complexity index is 826. The summed E-state index contributed by atoms with van der Waals surface area (Å²) in [7, 11) is 0. The lowest BCUT2D eigenvalue weighted by Crippen LogP contribution is -2.36. The fraction of sp³-hybridized carbons (Fsp3) is 0.435. The number of aliphatic hydroxyl groups excluding tert-OH is 1. The average Bonchev–Trinajstić information content (AvgIpc) is 2.72. The summed E-state index contributed by atoms with van der Waals surface area (Å²) in [6, 6.07) is 13.4. The van der Waals surface area contributed by atoms with E-state index in [4.69, 9.17) is 21.1 Å². The molecule has 0 amide bonds. The Balaban J connectivity index is 1.45. The Morgan fingerprint density at radius 1 is 1.34 bits per heavy atom. The third kappa shape index (κ3) is 6.46. The van der Waals surface area contributed by atoms with E-state index in [0.29, 0.717) is 37.6 Å². The van der Waals surface area contributed by atoms with Crippen molar-refractivity contribution in [3.8, 4) is 5.75 Å². The molecule has 0 saturated carbocycles. The van der Waals surface area contributed by atoms with Crippen molar-refractivity contribution in [3.05, 3.63) is 64.2 Å². The predicted octanol–water partition coefficient (Wildman–Crippen LogP) is 3.85. The number of nitrogens with one attached hydrogen (secondary N) is 1. The van der Waals surface area contributed by atoms with Gasteiger partial charge in [0.2, 0.25) is 0 Å². The van der Waals surface area contributed by atoms with Crippen LogP contribution in [0.4, 0.5) is 0 Å². The topological polar surface area (TPSA) is 67.8 Å². The summed E-state index contributed by atoms with van der Waals surface area (Å²) >= 11 is 5.98. The van der Waals surface area contributed by atoms with E-state index in [0.717, 1.165) is 29.7 Å². The van der Waals surface area contributed by atoms with Crippen LogP contribution in [0.25, 0.3) is 0 Å². The van der Waals surface area contributed by atoms with Gasteiger partial charge in [0.1, 0.15) is 11.9 Å². The van der Waals surface area contributed by atoms with E-state index >= 15 is 0 Å². The number of aliphatic hydroxyl groups is 1. The first kappa shape index (κ1) is 21.6. The number of fused-ring (bicyclic) bond motifs is 1. The number of carbonyl (C=O) groups is 1. The highest BCUT2D eigenvalue weighted by Gasteiger charge is 2.20. The van der Waals surface area contributed by atoms with Crippen LogP contribution < -0.4 is 10.1 Å². The molecule has 0 radical (unpaired) electrons. The highest BCUT2D eigenvalue weighted by atomic mass is 35.5. The largest absolute Gasteiger partial charge is 0.489 e. The molecule has 2 aromatic carbocycles.